The van der Waals surface area contributed by atoms with E-state index in [0.29, 0.717) is 29.6 Å². The number of furan rings is 1. The Morgan fingerprint density at radius 3 is 3.07 bits per heavy atom. The average Bonchev–Trinajstić information content (AvgIpc) is 3.39. The number of carbonyl (C=O) groups excluding carboxylic acids is 1. The number of carbonyl (C=O) groups is 1. The molecule has 0 saturated carbocycles. The molecule has 0 atom stereocenters. The van der Waals surface area contributed by atoms with E-state index in [2.05, 4.69) is 20.4 Å². The van der Waals surface area contributed by atoms with Crippen LogP contribution in [0.25, 0.3) is 17.4 Å². The molecule has 1 aliphatic rings. The lowest BCUT2D eigenvalue weighted by Crippen LogP contribution is -2.21. The molecule has 3 heterocycles. The van der Waals surface area contributed by atoms with Crippen LogP contribution in [0.3, 0.4) is 0 Å². The van der Waals surface area contributed by atoms with Gasteiger partial charge in [-0.25, -0.2) is 4.98 Å². The zero-order valence-corrected chi connectivity index (χ0v) is 15.1. The second-order valence-electron chi connectivity index (χ2n) is 6.62. The van der Waals surface area contributed by atoms with Gasteiger partial charge in [0.05, 0.1) is 12.0 Å². The van der Waals surface area contributed by atoms with Gasteiger partial charge in [-0.3, -0.25) is 14.6 Å². The lowest BCUT2D eigenvalue weighted by molar-refractivity contribution is -0.116. The standard InChI is InChI=1S/C19H21N5O3/c1-2-3-9-17(25)21-16-11-14(15-8-5-10-27-15)23-24(16)19-20-13-7-4-6-12(13)18(26)22-19/h5,8,10-11H,2-4,6-7,9H2,1H3,(H,21,25)(H,20,22,26). The van der Waals surface area contributed by atoms with Crippen LogP contribution in [0.1, 0.15) is 43.9 Å². The molecule has 4 rings (SSSR count). The van der Waals surface area contributed by atoms with Crippen molar-refractivity contribution in [1.82, 2.24) is 19.7 Å². The first-order valence-electron chi connectivity index (χ1n) is 9.22. The molecule has 1 amide bonds. The summed E-state index contributed by atoms with van der Waals surface area (Å²) < 4.78 is 6.87. The van der Waals surface area contributed by atoms with Crippen molar-refractivity contribution in [2.45, 2.75) is 45.4 Å². The van der Waals surface area contributed by atoms with Crippen LogP contribution in [0.2, 0.25) is 0 Å². The summed E-state index contributed by atoms with van der Waals surface area (Å²) in [5, 5.41) is 7.37. The maximum atomic E-state index is 12.4. The number of hydrogen-bond donors (Lipinski definition) is 2. The molecule has 3 aromatic rings. The molecule has 2 N–H and O–H groups in total. The second kappa shape index (κ2) is 7.22. The summed E-state index contributed by atoms with van der Waals surface area (Å²) in [5.41, 5.74) is 1.94. The SMILES string of the molecule is CCCCC(=O)Nc1cc(-c2ccco2)nn1-c1nc2c(c(=O)[nH]1)CCC2. The molecule has 0 aliphatic heterocycles. The molecule has 8 heteroatoms. The van der Waals surface area contributed by atoms with E-state index in [1.807, 2.05) is 6.92 Å². The normalized spacial score (nSPS) is 12.9. The zero-order valence-electron chi connectivity index (χ0n) is 15.1. The Hall–Kier alpha value is -3.16. The molecule has 0 spiro atoms. The molecule has 0 fully saturated rings. The number of aromatic amines is 1. The Balaban J connectivity index is 1.75. The average molecular weight is 367 g/mol. The largest absolute Gasteiger partial charge is 0.463 e. The smallest absolute Gasteiger partial charge is 0.255 e. The van der Waals surface area contributed by atoms with Gasteiger partial charge in [-0.1, -0.05) is 13.3 Å². The minimum absolute atomic E-state index is 0.104. The van der Waals surface area contributed by atoms with Crippen LogP contribution in [0.5, 0.6) is 0 Å². The summed E-state index contributed by atoms with van der Waals surface area (Å²) >= 11 is 0. The third-order valence-corrected chi connectivity index (χ3v) is 4.64. The van der Waals surface area contributed by atoms with E-state index in [1.54, 1.807) is 24.5 Å². The summed E-state index contributed by atoms with van der Waals surface area (Å²) in [4.78, 5) is 32.0. The molecule has 27 heavy (non-hydrogen) atoms. The van der Waals surface area contributed by atoms with E-state index in [-0.39, 0.29) is 11.5 Å². The summed E-state index contributed by atoms with van der Waals surface area (Å²) in [6.07, 6.45) is 6.16. The fourth-order valence-electron chi connectivity index (χ4n) is 3.25. The number of hydrogen-bond acceptors (Lipinski definition) is 5. The number of rotatable bonds is 6. The van der Waals surface area contributed by atoms with Gasteiger partial charge in [0.1, 0.15) is 11.5 Å². The maximum Gasteiger partial charge on any atom is 0.255 e. The van der Waals surface area contributed by atoms with Gasteiger partial charge in [0.25, 0.3) is 5.56 Å². The second-order valence-corrected chi connectivity index (χ2v) is 6.62. The number of aryl methyl sites for hydroxylation is 1. The predicted octanol–water partition coefficient (Wildman–Crippen LogP) is 2.83. The number of anilines is 1. The molecule has 0 bridgehead atoms. The number of aromatic nitrogens is 4. The topological polar surface area (TPSA) is 106 Å². The number of amides is 1. The highest BCUT2D eigenvalue weighted by Crippen LogP contribution is 2.25. The summed E-state index contributed by atoms with van der Waals surface area (Å²) in [6.45, 7) is 2.03. The van der Waals surface area contributed by atoms with Gasteiger partial charge >= 0.3 is 0 Å². The van der Waals surface area contributed by atoms with Crippen molar-refractivity contribution in [1.29, 1.82) is 0 Å². The van der Waals surface area contributed by atoms with Crippen molar-refractivity contribution in [3.05, 3.63) is 46.1 Å². The molecule has 0 radical (unpaired) electrons. The van der Waals surface area contributed by atoms with Gasteiger partial charge in [-0.15, -0.1) is 0 Å². The monoisotopic (exact) mass is 367 g/mol. The van der Waals surface area contributed by atoms with Crippen LogP contribution in [-0.4, -0.2) is 25.7 Å². The minimum Gasteiger partial charge on any atom is -0.463 e. The molecule has 3 aromatic heterocycles. The Bertz CT molecular complexity index is 1020. The third-order valence-electron chi connectivity index (χ3n) is 4.64. The first-order chi connectivity index (χ1) is 13.2. The number of nitrogens with zero attached hydrogens (tertiary/aromatic N) is 3. The fourth-order valence-corrected chi connectivity index (χ4v) is 3.25. The van der Waals surface area contributed by atoms with E-state index in [4.69, 9.17) is 4.42 Å². The highest BCUT2D eigenvalue weighted by Gasteiger charge is 2.21. The predicted molar refractivity (Wildman–Crippen MR) is 99.9 cm³/mol. The van der Waals surface area contributed by atoms with E-state index < -0.39 is 0 Å². The number of unbranched alkanes of at least 4 members (excludes halogenated alkanes) is 1. The van der Waals surface area contributed by atoms with E-state index in [9.17, 15) is 9.59 Å². The van der Waals surface area contributed by atoms with Crippen molar-refractivity contribution in [2.24, 2.45) is 0 Å². The minimum atomic E-state index is -0.147. The number of fused-ring (bicyclic) bond motifs is 1. The van der Waals surface area contributed by atoms with E-state index in [0.717, 1.165) is 43.4 Å². The van der Waals surface area contributed by atoms with Gasteiger partial charge in [0.2, 0.25) is 11.9 Å². The Morgan fingerprint density at radius 2 is 2.30 bits per heavy atom. The highest BCUT2D eigenvalue weighted by atomic mass is 16.3. The number of nitrogens with one attached hydrogen (secondary N) is 2. The van der Waals surface area contributed by atoms with Gasteiger partial charge in [0, 0.05) is 18.1 Å². The molecular formula is C19H21N5O3. The van der Waals surface area contributed by atoms with Gasteiger partial charge in [0.15, 0.2) is 5.76 Å². The van der Waals surface area contributed by atoms with Gasteiger partial charge in [-0.05, 0) is 37.8 Å². The number of H-pyrrole nitrogens is 1. The van der Waals surface area contributed by atoms with Crippen LogP contribution in [-0.2, 0) is 17.6 Å². The van der Waals surface area contributed by atoms with Gasteiger partial charge in [-0.2, -0.15) is 9.78 Å². The summed E-state index contributed by atoms with van der Waals surface area (Å²) in [6, 6.07) is 5.27. The van der Waals surface area contributed by atoms with Gasteiger partial charge < -0.3 is 9.73 Å². The van der Waals surface area contributed by atoms with Crippen molar-refractivity contribution in [2.75, 3.05) is 5.32 Å². The maximum absolute atomic E-state index is 12.4. The van der Waals surface area contributed by atoms with Crippen LogP contribution in [0.4, 0.5) is 5.82 Å². The quantitative estimate of drug-likeness (QED) is 0.697. The van der Waals surface area contributed by atoms with E-state index >= 15 is 0 Å². The van der Waals surface area contributed by atoms with Crippen molar-refractivity contribution >= 4 is 11.7 Å². The van der Waals surface area contributed by atoms with Crippen LogP contribution in [0.15, 0.2) is 33.7 Å². The summed E-state index contributed by atoms with van der Waals surface area (Å²) in [5.74, 6) is 1.21. The van der Waals surface area contributed by atoms with E-state index in [1.165, 1.54) is 4.68 Å². The molecule has 0 saturated heterocycles. The molecule has 0 aromatic carbocycles. The Kier molecular flexibility index (Phi) is 4.62. The molecular weight excluding hydrogens is 346 g/mol. The first-order valence-corrected chi connectivity index (χ1v) is 9.22. The van der Waals surface area contributed by atoms with Crippen LogP contribution in [0, 0.1) is 0 Å². The fraction of sp³-hybridized carbons (Fsp3) is 0.368. The summed E-state index contributed by atoms with van der Waals surface area (Å²) in [7, 11) is 0. The lowest BCUT2D eigenvalue weighted by Gasteiger charge is -2.09. The third kappa shape index (κ3) is 3.42. The molecule has 0 unspecified atom stereocenters. The van der Waals surface area contributed by atoms with Crippen LogP contribution >= 0.6 is 0 Å². The molecule has 8 nitrogen and oxygen atoms in total. The zero-order chi connectivity index (χ0) is 18.8. The Morgan fingerprint density at radius 1 is 1.41 bits per heavy atom. The molecule has 140 valence electrons. The Labute approximate surface area is 155 Å². The van der Waals surface area contributed by atoms with Crippen LogP contribution < -0.4 is 10.9 Å². The first kappa shape index (κ1) is 17.3. The van der Waals surface area contributed by atoms with Crippen molar-refractivity contribution in [3.63, 3.8) is 0 Å². The van der Waals surface area contributed by atoms with Crippen molar-refractivity contribution < 1.29 is 9.21 Å². The highest BCUT2D eigenvalue weighted by molar-refractivity contribution is 5.90. The lowest BCUT2D eigenvalue weighted by atomic mass is 10.2. The van der Waals surface area contributed by atoms with Crippen molar-refractivity contribution in [3.8, 4) is 17.4 Å². The molecule has 1 aliphatic carbocycles.